The van der Waals surface area contributed by atoms with Gasteiger partial charge in [0.25, 0.3) is 0 Å². The summed E-state index contributed by atoms with van der Waals surface area (Å²) < 4.78 is 4.86. The van der Waals surface area contributed by atoms with Gasteiger partial charge in [-0.15, -0.1) is 5.06 Å². The molecular weight excluding hydrogens is 374 g/mol. The minimum atomic E-state index is -0.925. The van der Waals surface area contributed by atoms with Crippen LogP contribution in [0.25, 0.3) is 0 Å². The number of methoxy groups -OCH3 is 1. The summed E-state index contributed by atoms with van der Waals surface area (Å²) in [6.45, 7) is 7.96. The molecule has 1 atom stereocenters. The fourth-order valence-electron chi connectivity index (χ4n) is 3.46. The monoisotopic (exact) mass is 403 g/mol. The Bertz CT molecular complexity index is 550. The third-order valence-electron chi connectivity index (χ3n) is 4.70. The number of amides is 2. The van der Waals surface area contributed by atoms with E-state index in [0.29, 0.717) is 4.32 Å². The molecule has 0 spiro atoms. The SMILES string of the molecule is COC(=O)ON(C(=O)NC1CCCCC1)[C@H]1N(C(C)C)C(=S)SC1(C)C. The van der Waals surface area contributed by atoms with Crippen LogP contribution in [0.4, 0.5) is 9.59 Å². The molecule has 0 unspecified atom stereocenters. The Morgan fingerprint density at radius 3 is 2.46 bits per heavy atom. The molecular formula is C17H29N3O4S2. The number of nitrogens with one attached hydrogen (secondary N) is 1. The predicted octanol–water partition coefficient (Wildman–Crippen LogP) is 3.88. The molecule has 9 heteroatoms. The van der Waals surface area contributed by atoms with Crippen LogP contribution < -0.4 is 5.32 Å². The molecule has 148 valence electrons. The Kier molecular flexibility index (Phi) is 7.01. The summed E-state index contributed by atoms with van der Waals surface area (Å²) in [6, 6.07) is -0.291. The van der Waals surface area contributed by atoms with Crippen molar-refractivity contribution in [1.82, 2.24) is 15.3 Å². The van der Waals surface area contributed by atoms with Crippen LogP contribution in [0.1, 0.15) is 59.8 Å². The van der Waals surface area contributed by atoms with Gasteiger partial charge in [-0.1, -0.05) is 43.2 Å². The summed E-state index contributed by atoms with van der Waals surface area (Å²) in [5.74, 6) is 0. The standard InChI is InChI=1S/C17H29N3O4S2/c1-11(2)19-13(17(3,4)26-15(19)25)20(24-16(22)23-5)14(21)18-12-9-7-6-8-10-12/h11-13H,6-10H2,1-5H3,(H,18,21)/t13-/m1/s1. The van der Waals surface area contributed by atoms with E-state index in [1.54, 1.807) is 0 Å². The average Bonchev–Trinajstić information content (AvgIpc) is 2.81. The Balaban J connectivity index is 2.27. The molecule has 1 aliphatic carbocycles. The molecule has 26 heavy (non-hydrogen) atoms. The summed E-state index contributed by atoms with van der Waals surface area (Å²) in [4.78, 5) is 32.1. The van der Waals surface area contributed by atoms with Crippen molar-refractivity contribution in [2.45, 2.75) is 82.8 Å². The first-order chi connectivity index (χ1) is 12.2. The highest BCUT2D eigenvalue weighted by atomic mass is 32.2. The van der Waals surface area contributed by atoms with Crippen molar-refractivity contribution in [3.63, 3.8) is 0 Å². The zero-order chi connectivity index (χ0) is 19.5. The van der Waals surface area contributed by atoms with Gasteiger partial charge in [0.15, 0.2) is 6.17 Å². The summed E-state index contributed by atoms with van der Waals surface area (Å²) in [7, 11) is 1.22. The highest BCUT2D eigenvalue weighted by molar-refractivity contribution is 8.24. The minimum Gasteiger partial charge on any atom is -0.436 e. The maximum atomic E-state index is 13.0. The Labute approximate surface area is 165 Å². The van der Waals surface area contributed by atoms with E-state index in [1.807, 2.05) is 32.6 Å². The van der Waals surface area contributed by atoms with E-state index < -0.39 is 23.1 Å². The number of carbonyl (C=O) groups is 2. The first-order valence-corrected chi connectivity index (χ1v) is 10.3. The van der Waals surface area contributed by atoms with E-state index in [0.717, 1.165) is 30.7 Å². The molecule has 2 amide bonds. The molecule has 0 aromatic heterocycles. The normalized spacial score (nSPS) is 23.1. The Morgan fingerprint density at radius 1 is 1.31 bits per heavy atom. The van der Waals surface area contributed by atoms with Crippen LogP contribution in [0.2, 0.25) is 0 Å². The second kappa shape index (κ2) is 8.65. The quantitative estimate of drug-likeness (QED) is 0.436. The molecule has 1 saturated carbocycles. The smallest absolute Gasteiger partial charge is 0.436 e. The maximum absolute atomic E-state index is 13.0. The molecule has 7 nitrogen and oxygen atoms in total. The number of rotatable bonds is 3. The minimum absolute atomic E-state index is 0.0491. The van der Waals surface area contributed by atoms with Gasteiger partial charge in [0.1, 0.15) is 4.32 Å². The van der Waals surface area contributed by atoms with Crippen molar-refractivity contribution in [2.75, 3.05) is 7.11 Å². The van der Waals surface area contributed by atoms with Crippen LogP contribution in [0, 0.1) is 0 Å². The lowest BCUT2D eigenvalue weighted by Gasteiger charge is -2.40. The van der Waals surface area contributed by atoms with E-state index in [2.05, 4.69) is 10.1 Å². The Morgan fingerprint density at radius 2 is 1.92 bits per heavy atom. The lowest BCUT2D eigenvalue weighted by molar-refractivity contribution is -0.146. The molecule has 1 saturated heterocycles. The summed E-state index contributed by atoms with van der Waals surface area (Å²) in [5, 5.41) is 4.12. The second-order valence-corrected chi connectivity index (χ2v) is 9.79. The fourth-order valence-corrected chi connectivity index (χ4v) is 5.59. The van der Waals surface area contributed by atoms with Crippen molar-refractivity contribution < 1.29 is 19.2 Å². The van der Waals surface area contributed by atoms with Crippen LogP contribution in [0.3, 0.4) is 0 Å². The number of carbonyl (C=O) groups excluding carboxylic acids is 2. The van der Waals surface area contributed by atoms with Crippen LogP contribution in [0.5, 0.6) is 0 Å². The third-order valence-corrected chi connectivity index (χ3v) is 6.28. The van der Waals surface area contributed by atoms with Crippen LogP contribution in [-0.2, 0) is 9.57 Å². The van der Waals surface area contributed by atoms with E-state index in [1.165, 1.54) is 25.3 Å². The molecule has 2 rings (SSSR count). The van der Waals surface area contributed by atoms with Gasteiger partial charge in [-0.05, 0) is 40.5 Å². The van der Waals surface area contributed by atoms with Crippen LogP contribution >= 0.6 is 24.0 Å². The van der Waals surface area contributed by atoms with Crippen molar-refractivity contribution in [2.24, 2.45) is 0 Å². The van der Waals surface area contributed by atoms with Crippen molar-refractivity contribution in [3.05, 3.63) is 0 Å². The number of ether oxygens (including phenoxy) is 1. The van der Waals surface area contributed by atoms with E-state index in [-0.39, 0.29) is 12.1 Å². The van der Waals surface area contributed by atoms with Gasteiger partial charge in [-0.3, -0.25) is 4.84 Å². The fraction of sp³-hybridized carbons (Fsp3) is 0.824. The van der Waals surface area contributed by atoms with E-state index >= 15 is 0 Å². The lowest BCUT2D eigenvalue weighted by Crippen LogP contribution is -2.60. The van der Waals surface area contributed by atoms with Crippen molar-refractivity contribution >= 4 is 40.5 Å². The molecule has 0 bridgehead atoms. The Hall–Kier alpha value is -1.22. The topological polar surface area (TPSA) is 71.1 Å². The second-order valence-electron chi connectivity index (χ2n) is 7.50. The predicted molar refractivity (Wildman–Crippen MR) is 106 cm³/mol. The van der Waals surface area contributed by atoms with Gasteiger partial charge in [0.05, 0.1) is 11.9 Å². The summed E-state index contributed by atoms with van der Waals surface area (Å²) in [6.07, 6.45) is 3.80. The van der Waals surface area contributed by atoms with Crippen molar-refractivity contribution in [1.29, 1.82) is 0 Å². The van der Waals surface area contributed by atoms with Crippen LogP contribution in [-0.4, -0.2) is 56.6 Å². The van der Waals surface area contributed by atoms with E-state index in [4.69, 9.17) is 17.1 Å². The maximum Gasteiger partial charge on any atom is 0.533 e. The number of hydrogen-bond donors (Lipinski definition) is 1. The van der Waals surface area contributed by atoms with Gasteiger partial charge in [-0.2, -0.15) is 0 Å². The number of nitrogens with zero attached hydrogens (tertiary/aromatic N) is 2. The first-order valence-electron chi connectivity index (χ1n) is 9.04. The summed E-state index contributed by atoms with van der Waals surface area (Å²) >= 11 is 7.01. The van der Waals surface area contributed by atoms with Crippen LogP contribution in [0.15, 0.2) is 0 Å². The molecule has 1 heterocycles. The van der Waals surface area contributed by atoms with Gasteiger partial charge in [0, 0.05) is 12.1 Å². The molecule has 0 aromatic rings. The first kappa shape index (κ1) is 21.1. The number of urea groups is 1. The van der Waals surface area contributed by atoms with Gasteiger partial charge < -0.3 is 15.0 Å². The highest BCUT2D eigenvalue weighted by Crippen LogP contribution is 2.44. The van der Waals surface area contributed by atoms with E-state index in [9.17, 15) is 9.59 Å². The molecule has 2 fully saturated rings. The molecule has 2 aliphatic rings. The number of hydrogen-bond acceptors (Lipinski definition) is 6. The molecule has 1 aliphatic heterocycles. The number of thioether (sulfide) groups is 1. The molecule has 1 N–H and O–H groups in total. The number of hydroxylamine groups is 2. The van der Waals surface area contributed by atoms with Gasteiger partial charge in [-0.25, -0.2) is 9.59 Å². The third kappa shape index (κ3) is 4.73. The average molecular weight is 404 g/mol. The highest BCUT2D eigenvalue weighted by Gasteiger charge is 2.52. The number of thiocarbonyl (C=S) groups is 1. The van der Waals surface area contributed by atoms with Crippen molar-refractivity contribution in [3.8, 4) is 0 Å². The summed E-state index contributed by atoms with van der Waals surface area (Å²) in [5.41, 5.74) is 0. The zero-order valence-electron chi connectivity index (χ0n) is 16.1. The molecule has 0 aromatic carbocycles. The molecule has 0 radical (unpaired) electrons. The zero-order valence-corrected chi connectivity index (χ0v) is 17.7. The van der Waals surface area contributed by atoms with Gasteiger partial charge in [0.2, 0.25) is 0 Å². The lowest BCUT2D eigenvalue weighted by atomic mass is 9.96. The van der Waals surface area contributed by atoms with Gasteiger partial charge >= 0.3 is 12.2 Å². The largest absolute Gasteiger partial charge is 0.533 e.